The van der Waals surface area contributed by atoms with Crippen molar-refractivity contribution in [3.05, 3.63) is 66.0 Å². The van der Waals surface area contributed by atoms with Crippen molar-refractivity contribution in [2.24, 2.45) is 7.05 Å². The SMILES string of the molecule is CCc1ccc(NC(=O)CSc2nnc(CCC(=O)Nc3ccccc3)n2C)cc1. The van der Waals surface area contributed by atoms with Crippen LogP contribution in [-0.2, 0) is 29.5 Å². The lowest BCUT2D eigenvalue weighted by atomic mass is 10.1. The Balaban J connectivity index is 1.46. The van der Waals surface area contributed by atoms with Crippen molar-refractivity contribution in [3.8, 4) is 0 Å². The first-order valence-corrected chi connectivity index (χ1v) is 10.8. The van der Waals surface area contributed by atoms with Gasteiger partial charge in [0.1, 0.15) is 5.82 Å². The number of benzene rings is 2. The van der Waals surface area contributed by atoms with Crippen LogP contribution in [0.3, 0.4) is 0 Å². The maximum absolute atomic E-state index is 12.2. The molecule has 0 spiro atoms. The number of amides is 2. The molecule has 0 saturated carbocycles. The smallest absolute Gasteiger partial charge is 0.234 e. The van der Waals surface area contributed by atoms with Crippen molar-refractivity contribution in [1.82, 2.24) is 14.8 Å². The normalized spacial score (nSPS) is 10.6. The van der Waals surface area contributed by atoms with Crippen LogP contribution in [0.4, 0.5) is 11.4 Å². The van der Waals surface area contributed by atoms with E-state index in [-0.39, 0.29) is 17.6 Å². The van der Waals surface area contributed by atoms with Crippen LogP contribution in [0.2, 0.25) is 0 Å². The Labute approximate surface area is 180 Å². The minimum atomic E-state index is -0.101. The van der Waals surface area contributed by atoms with Crippen LogP contribution in [0.25, 0.3) is 0 Å². The van der Waals surface area contributed by atoms with Crippen LogP contribution in [0, 0.1) is 0 Å². The molecule has 0 aliphatic carbocycles. The van der Waals surface area contributed by atoms with Crippen molar-refractivity contribution in [2.75, 3.05) is 16.4 Å². The highest BCUT2D eigenvalue weighted by Crippen LogP contribution is 2.17. The van der Waals surface area contributed by atoms with E-state index in [1.54, 1.807) is 0 Å². The zero-order valence-electron chi connectivity index (χ0n) is 17.1. The molecule has 3 rings (SSSR count). The topological polar surface area (TPSA) is 88.9 Å². The number of nitrogens with one attached hydrogen (secondary N) is 2. The Morgan fingerprint density at radius 1 is 0.933 bits per heavy atom. The second kappa shape index (κ2) is 10.6. The third-order valence-corrected chi connectivity index (χ3v) is 5.56. The lowest BCUT2D eigenvalue weighted by Crippen LogP contribution is -2.15. The molecule has 7 nitrogen and oxygen atoms in total. The molecule has 1 heterocycles. The molecule has 0 radical (unpaired) electrons. The molecule has 0 aliphatic rings. The highest BCUT2D eigenvalue weighted by atomic mass is 32.2. The number of aryl methyl sites for hydroxylation is 2. The highest BCUT2D eigenvalue weighted by molar-refractivity contribution is 7.99. The van der Waals surface area contributed by atoms with Gasteiger partial charge < -0.3 is 15.2 Å². The van der Waals surface area contributed by atoms with Gasteiger partial charge in [0.25, 0.3) is 0 Å². The number of carbonyl (C=O) groups is 2. The Kier molecular flexibility index (Phi) is 7.62. The fourth-order valence-electron chi connectivity index (χ4n) is 2.81. The van der Waals surface area contributed by atoms with Crippen LogP contribution in [0.1, 0.15) is 24.7 Å². The van der Waals surface area contributed by atoms with Gasteiger partial charge in [-0.05, 0) is 36.2 Å². The summed E-state index contributed by atoms with van der Waals surface area (Å²) in [6.07, 6.45) is 1.74. The molecule has 8 heteroatoms. The Bertz CT molecular complexity index is 987. The summed E-state index contributed by atoms with van der Waals surface area (Å²) >= 11 is 1.32. The van der Waals surface area contributed by atoms with Crippen LogP contribution in [-0.4, -0.2) is 32.3 Å². The number of thioether (sulfide) groups is 1. The summed E-state index contributed by atoms with van der Waals surface area (Å²) in [5.74, 6) is 0.759. The summed E-state index contributed by atoms with van der Waals surface area (Å²) in [5.41, 5.74) is 2.78. The number of anilines is 2. The number of carbonyl (C=O) groups excluding carboxylic acids is 2. The fourth-order valence-corrected chi connectivity index (χ4v) is 3.54. The molecular formula is C22H25N5O2S. The maximum Gasteiger partial charge on any atom is 0.234 e. The molecule has 0 atom stereocenters. The molecule has 0 bridgehead atoms. The Morgan fingerprint density at radius 3 is 2.30 bits per heavy atom. The van der Waals surface area contributed by atoms with Gasteiger partial charge in [-0.3, -0.25) is 9.59 Å². The Hall–Kier alpha value is -3.13. The van der Waals surface area contributed by atoms with Crippen molar-refractivity contribution in [3.63, 3.8) is 0 Å². The quantitative estimate of drug-likeness (QED) is 0.513. The first-order chi connectivity index (χ1) is 14.5. The summed E-state index contributed by atoms with van der Waals surface area (Å²) in [4.78, 5) is 24.3. The molecule has 2 N–H and O–H groups in total. The zero-order chi connectivity index (χ0) is 21.3. The summed E-state index contributed by atoms with van der Waals surface area (Å²) in [6.45, 7) is 2.09. The summed E-state index contributed by atoms with van der Waals surface area (Å²) in [7, 11) is 1.84. The van der Waals surface area contributed by atoms with Gasteiger partial charge in [0.15, 0.2) is 5.16 Å². The van der Waals surface area contributed by atoms with E-state index in [0.717, 1.165) is 17.8 Å². The lowest BCUT2D eigenvalue weighted by molar-refractivity contribution is -0.116. The highest BCUT2D eigenvalue weighted by Gasteiger charge is 2.13. The van der Waals surface area contributed by atoms with Gasteiger partial charge >= 0.3 is 0 Å². The fraction of sp³-hybridized carbons (Fsp3) is 0.273. The predicted molar refractivity (Wildman–Crippen MR) is 120 cm³/mol. The summed E-state index contributed by atoms with van der Waals surface area (Å²) in [6, 6.07) is 17.2. The minimum Gasteiger partial charge on any atom is -0.326 e. The number of aromatic nitrogens is 3. The molecule has 156 valence electrons. The second-order valence-electron chi connectivity index (χ2n) is 6.76. The minimum absolute atomic E-state index is 0.0770. The largest absolute Gasteiger partial charge is 0.326 e. The van der Waals surface area contributed by atoms with Gasteiger partial charge in [0, 0.05) is 31.3 Å². The van der Waals surface area contributed by atoms with E-state index in [2.05, 4.69) is 27.8 Å². The number of hydrogen-bond acceptors (Lipinski definition) is 5. The number of nitrogens with zero attached hydrogens (tertiary/aromatic N) is 3. The molecule has 2 amide bonds. The predicted octanol–water partition coefficient (Wildman–Crippen LogP) is 3.68. The summed E-state index contributed by atoms with van der Waals surface area (Å²) in [5, 5.41) is 14.7. The van der Waals surface area contributed by atoms with E-state index in [9.17, 15) is 9.59 Å². The van der Waals surface area contributed by atoms with Crippen LogP contribution in [0.15, 0.2) is 59.8 Å². The van der Waals surface area contributed by atoms with Crippen LogP contribution in [0.5, 0.6) is 0 Å². The van der Waals surface area contributed by atoms with Gasteiger partial charge in [-0.1, -0.05) is 49.0 Å². The van der Waals surface area contributed by atoms with Gasteiger partial charge in [-0.15, -0.1) is 10.2 Å². The number of rotatable bonds is 9. The van der Waals surface area contributed by atoms with E-state index < -0.39 is 0 Å². The van der Waals surface area contributed by atoms with E-state index >= 15 is 0 Å². The van der Waals surface area contributed by atoms with Crippen LogP contribution < -0.4 is 10.6 Å². The first-order valence-electron chi connectivity index (χ1n) is 9.80. The molecule has 1 aromatic heterocycles. The average Bonchev–Trinajstić information content (AvgIpc) is 3.11. The maximum atomic E-state index is 12.2. The monoisotopic (exact) mass is 423 g/mol. The third-order valence-electron chi connectivity index (χ3n) is 4.54. The first kappa shape index (κ1) is 21.6. The van der Waals surface area contributed by atoms with E-state index in [1.807, 2.05) is 66.2 Å². The standard InChI is InChI=1S/C22H25N5O2S/c1-3-16-9-11-18(12-10-16)24-21(29)15-30-22-26-25-19(27(22)2)13-14-20(28)23-17-7-5-4-6-8-17/h4-12H,3,13-15H2,1-2H3,(H,23,28)(H,24,29). The van der Waals surface area contributed by atoms with E-state index in [1.165, 1.54) is 17.3 Å². The molecule has 2 aromatic carbocycles. The molecule has 3 aromatic rings. The van der Waals surface area contributed by atoms with Crippen molar-refractivity contribution in [2.45, 2.75) is 31.3 Å². The zero-order valence-corrected chi connectivity index (χ0v) is 17.9. The number of hydrogen-bond donors (Lipinski definition) is 2. The van der Waals surface area contributed by atoms with Crippen LogP contribution >= 0.6 is 11.8 Å². The summed E-state index contributed by atoms with van der Waals surface area (Å²) < 4.78 is 1.82. The molecule has 0 unspecified atom stereocenters. The van der Waals surface area contributed by atoms with Gasteiger partial charge in [-0.2, -0.15) is 0 Å². The lowest BCUT2D eigenvalue weighted by Gasteiger charge is -2.07. The number of para-hydroxylation sites is 1. The molecule has 0 aliphatic heterocycles. The third kappa shape index (κ3) is 6.18. The second-order valence-corrected chi connectivity index (χ2v) is 7.70. The van der Waals surface area contributed by atoms with Gasteiger partial charge in [0.2, 0.25) is 11.8 Å². The van der Waals surface area contributed by atoms with Crippen molar-refractivity contribution in [1.29, 1.82) is 0 Å². The molecule has 0 fully saturated rings. The average molecular weight is 424 g/mol. The van der Waals surface area contributed by atoms with Gasteiger partial charge in [0.05, 0.1) is 5.75 Å². The van der Waals surface area contributed by atoms with Crippen molar-refractivity contribution >= 4 is 35.0 Å². The molecule has 30 heavy (non-hydrogen) atoms. The molecular weight excluding hydrogens is 398 g/mol. The Morgan fingerprint density at radius 2 is 1.60 bits per heavy atom. The van der Waals surface area contributed by atoms with Crippen molar-refractivity contribution < 1.29 is 9.59 Å². The molecule has 0 saturated heterocycles. The van der Waals surface area contributed by atoms with E-state index in [4.69, 9.17) is 0 Å². The van der Waals surface area contributed by atoms with Gasteiger partial charge in [-0.25, -0.2) is 0 Å². The van der Waals surface area contributed by atoms with E-state index in [0.29, 0.717) is 23.8 Å².